The van der Waals surface area contributed by atoms with Crippen LogP contribution in [0.5, 0.6) is 5.75 Å². The number of rotatable bonds is 9. The van der Waals surface area contributed by atoms with Crippen molar-refractivity contribution in [2.75, 3.05) is 26.0 Å². The second kappa shape index (κ2) is 12.1. The predicted molar refractivity (Wildman–Crippen MR) is 147 cm³/mol. The van der Waals surface area contributed by atoms with Crippen LogP contribution >= 0.6 is 11.8 Å². The summed E-state index contributed by atoms with van der Waals surface area (Å²) in [5.41, 5.74) is 3.17. The Balaban J connectivity index is 1.21. The number of hydrogen-bond acceptors (Lipinski definition) is 6. The average molecular weight is 514 g/mol. The highest BCUT2D eigenvalue weighted by molar-refractivity contribution is 7.99. The number of methoxy groups -OCH3 is 1. The number of thioether (sulfide) groups is 1. The number of piperidine rings is 1. The van der Waals surface area contributed by atoms with E-state index in [9.17, 15) is 4.79 Å². The Hall–Kier alpha value is -3.62. The average Bonchev–Trinajstić information content (AvgIpc) is 3.38. The minimum absolute atomic E-state index is 0.0250. The van der Waals surface area contributed by atoms with Crippen molar-refractivity contribution in [2.45, 2.75) is 30.6 Å². The number of carbonyl (C=O) groups is 1. The van der Waals surface area contributed by atoms with Gasteiger partial charge in [-0.05, 0) is 42.7 Å². The van der Waals surface area contributed by atoms with Crippen LogP contribution in [-0.4, -0.2) is 57.6 Å². The zero-order chi connectivity index (χ0) is 25.5. The van der Waals surface area contributed by atoms with Crippen LogP contribution in [0.1, 0.15) is 18.4 Å². The van der Waals surface area contributed by atoms with E-state index in [1.807, 2.05) is 65.2 Å². The third-order valence-electron chi connectivity index (χ3n) is 6.51. The largest absolute Gasteiger partial charge is 0.497 e. The number of aromatic nitrogens is 3. The predicted octanol–water partition coefficient (Wildman–Crippen LogP) is 4.82. The first-order valence-corrected chi connectivity index (χ1v) is 13.5. The first kappa shape index (κ1) is 25.0. The van der Waals surface area contributed by atoms with Gasteiger partial charge in [-0.3, -0.25) is 14.3 Å². The quantitative estimate of drug-likeness (QED) is 0.324. The molecule has 7 nitrogen and oxygen atoms in total. The van der Waals surface area contributed by atoms with E-state index in [2.05, 4.69) is 44.7 Å². The van der Waals surface area contributed by atoms with Gasteiger partial charge in [0.2, 0.25) is 5.91 Å². The lowest BCUT2D eigenvalue weighted by Crippen LogP contribution is -2.44. The van der Waals surface area contributed by atoms with E-state index in [0.29, 0.717) is 11.0 Å². The SMILES string of the molecule is COc1cccc(-c2nnc(SCC(=O)NC3CCN(Cc4ccccc4)CC3)n2-c2ccccc2)c1. The number of carbonyl (C=O) groups excluding carboxylic acids is 1. The van der Waals surface area contributed by atoms with Crippen molar-refractivity contribution >= 4 is 17.7 Å². The van der Waals surface area contributed by atoms with Gasteiger partial charge in [0.25, 0.3) is 0 Å². The smallest absolute Gasteiger partial charge is 0.230 e. The van der Waals surface area contributed by atoms with Crippen LogP contribution < -0.4 is 10.1 Å². The summed E-state index contributed by atoms with van der Waals surface area (Å²) in [6, 6.07) is 28.5. The maximum Gasteiger partial charge on any atom is 0.230 e. The van der Waals surface area contributed by atoms with Gasteiger partial charge in [-0.2, -0.15) is 0 Å². The Bertz CT molecular complexity index is 1300. The number of nitrogens with one attached hydrogen (secondary N) is 1. The molecule has 4 aromatic rings. The fourth-order valence-electron chi connectivity index (χ4n) is 4.60. The van der Waals surface area contributed by atoms with E-state index < -0.39 is 0 Å². The summed E-state index contributed by atoms with van der Waals surface area (Å²) >= 11 is 1.40. The molecular weight excluding hydrogens is 482 g/mol. The molecule has 190 valence electrons. The van der Waals surface area contributed by atoms with Crippen molar-refractivity contribution in [3.8, 4) is 22.8 Å². The Morgan fingerprint density at radius 3 is 2.43 bits per heavy atom. The molecule has 1 aliphatic heterocycles. The number of para-hydroxylation sites is 1. The molecule has 0 unspecified atom stereocenters. The molecule has 0 aliphatic carbocycles. The van der Waals surface area contributed by atoms with Crippen molar-refractivity contribution in [3.63, 3.8) is 0 Å². The van der Waals surface area contributed by atoms with E-state index in [1.165, 1.54) is 17.3 Å². The highest BCUT2D eigenvalue weighted by Gasteiger charge is 2.22. The first-order chi connectivity index (χ1) is 18.2. The zero-order valence-electron chi connectivity index (χ0n) is 20.9. The van der Waals surface area contributed by atoms with Gasteiger partial charge in [0.05, 0.1) is 12.9 Å². The molecule has 8 heteroatoms. The third kappa shape index (κ3) is 6.39. The summed E-state index contributed by atoms with van der Waals surface area (Å²) in [5, 5.41) is 12.8. The molecule has 0 radical (unpaired) electrons. The standard InChI is InChI=1S/C29H31N5O2S/c1-36-26-14-8-11-23(19-26)28-31-32-29(34(28)25-12-6-3-7-13-25)37-21-27(35)30-24-15-17-33(18-16-24)20-22-9-4-2-5-10-22/h2-14,19,24H,15-18,20-21H2,1H3,(H,30,35). The maximum absolute atomic E-state index is 12.8. The molecule has 1 amide bonds. The molecule has 1 N–H and O–H groups in total. The van der Waals surface area contributed by atoms with Crippen molar-refractivity contribution in [1.29, 1.82) is 0 Å². The van der Waals surface area contributed by atoms with Crippen molar-refractivity contribution in [1.82, 2.24) is 25.0 Å². The number of ether oxygens (including phenoxy) is 1. The highest BCUT2D eigenvalue weighted by atomic mass is 32.2. The van der Waals surface area contributed by atoms with E-state index >= 15 is 0 Å². The molecule has 5 rings (SSSR count). The van der Waals surface area contributed by atoms with Crippen LogP contribution in [0.25, 0.3) is 17.1 Å². The Kier molecular flexibility index (Phi) is 8.18. The summed E-state index contributed by atoms with van der Waals surface area (Å²) in [6.07, 6.45) is 1.92. The van der Waals surface area contributed by atoms with E-state index in [0.717, 1.165) is 49.5 Å². The third-order valence-corrected chi connectivity index (χ3v) is 7.44. The Morgan fingerprint density at radius 2 is 1.70 bits per heavy atom. The normalized spacial score (nSPS) is 14.4. The molecule has 1 saturated heterocycles. The van der Waals surface area contributed by atoms with Crippen molar-refractivity contribution in [3.05, 3.63) is 90.5 Å². The lowest BCUT2D eigenvalue weighted by atomic mass is 10.0. The van der Waals surface area contributed by atoms with Gasteiger partial charge in [-0.15, -0.1) is 10.2 Å². The van der Waals surface area contributed by atoms with Gasteiger partial charge >= 0.3 is 0 Å². The lowest BCUT2D eigenvalue weighted by molar-refractivity contribution is -0.119. The fourth-order valence-corrected chi connectivity index (χ4v) is 5.36. The topological polar surface area (TPSA) is 72.3 Å². The second-order valence-electron chi connectivity index (χ2n) is 9.10. The molecule has 0 saturated carbocycles. The monoisotopic (exact) mass is 513 g/mol. The second-order valence-corrected chi connectivity index (χ2v) is 10.0. The van der Waals surface area contributed by atoms with Gasteiger partial charge in [0.15, 0.2) is 11.0 Å². The summed E-state index contributed by atoms with van der Waals surface area (Å²) in [7, 11) is 1.65. The Morgan fingerprint density at radius 1 is 0.973 bits per heavy atom. The number of amides is 1. The molecule has 3 aromatic carbocycles. The maximum atomic E-state index is 12.8. The molecule has 1 aliphatic rings. The van der Waals surface area contributed by atoms with Crippen LogP contribution in [0.2, 0.25) is 0 Å². The highest BCUT2D eigenvalue weighted by Crippen LogP contribution is 2.29. The summed E-state index contributed by atoms with van der Waals surface area (Å²) in [4.78, 5) is 15.3. The van der Waals surface area contributed by atoms with Gasteiger partial charge in [0.1, 0.15) is 5.75 Å². The van der Waals surface area contributed by atoms with Crippen LogP contribution in [0.4, 0.5) is 0 Å². The summed E-state index contributed by atoms with van der Waals surface area (Å²) < 4.78 is 7.39. The number of hydrogen-bond donors (Lipinski definition) is 1. The van der Waals surface area contributed by atoms with Gasteiger partial charge in [-0.1, -0.05) is 72.4 Å². The van der Waals surface area contributed by atoms with Gasteiger partial charge in [-0.25, -0.2) is 0 Å². The molecule has 0 spiro atoms. The van der Waals surface area contributed by atoms with Gasteiger partial charge in [0, 0.05) is 36.9 Å². The van der Waals surface area contributed by atoms with E-state index in [1.54, 1.807) is 7.11 Å². The summed E-state index contributed by atoms with van der Waals surface area (Å²) in [5.74, 6) is 1.77. The minimum Gasteiger partial charge on any atom is -0.497 e. The first-order valence-electron chi connectivity index (χ1n) is 12.5. The molecule has 2 heterocycles. The molecule has 0 bridgehead atoms. The summed E-state index contributed by atoms with van der Waals surface area (Å²) in [6.45, 7) is 2.93. The molecular formula is C29H31N5O2S. The molecule has 1 aromatic heterocycles. The van der Waals surface area contributed by atoms with E-state index in [4.69, 9.17) is 4.74 Å². The minimum atomic E-state index is 0.0250. The molecule has 37 heavy (non-hydrogen) atoms. The zero-order valence-corrected chi connectivity index (χ0v) is 21.7. The Labute approximate surface area is 221 Å². The fraction of sp³-hybridized carbons (Fsp3) is 0.276. The van der Waals surface area contributed by atoms with Crippen molar-refractivity contribution in [2.24, 2.45) is 0 Å². The molecule has 0 atom stereocenters. The number of benzene rings is 3. The van der Waals surface area contributed by atoms with E-state index in [-0.39, 0.29) is 17.7 Å². The number of nitrogens with zero attached hydrogens (tertiary/aromatic N) is 4. The van der Waals surface area contributed by atoms with Crippen molar-refractivity contribution < 1.29 is 9.53 Å². The van der Waals surface area contributed by atoms with Crippen LogP contribution in [-0.2, 0) is 11.3 Å². The van der Waals surface area contributed by atoms with Gasteiger partial charge < -0.3 is 10.1 Å². The van der Waals surface area contributed by atoms with Crippen LogP contribution in [0.3, 0.4) is 0 Å². The van der Waals surface area contributed by atoms with Crippen LogP contribution in [0, 0.1) is 0 Å². The lowest BCUT2D eigenvalue weighted by Gasteiger charge is -2.32. The molecule has 1 fully saturated rings. The van der Waals surface area contributed by atoms with Crippen LogP contribution in [0.15, 0.2) is 90.1 Å². The number of likely N-dealkylation sites (tertiary alicyclic amines) is 1.